The fourth-order valence-corrected chi connectivity index (χ4v) is 2.11. The highest BCUT2D eigenvalue weighted by molar-refractivity contribution is 6.04. The first kappa shape index (κ1) is 11.7. The maximum Gasteiger partial charge on any atom is 0.204 e. The molecule has 1 aromatic carbocycles. The van der Waals surface area contributed by atoms with Gasteiger partial charge in [0.1, 0.15) is 0 Å². The number of hydrogen-bond acceptors (Lipinski definition) is 5. The zero-order chi connectivity index (χ0) is 12.6. The molecule has 2 rings (SSSR count). The van der Waals surface area contributed by atoms with E-state index in [1.54, 1.807) is 6.07 Å². The van der Waals surface area contributed by atoms with Crippen molar-refractivity contribution in [2.75, 3.05) is 21.3 Å². The average Bonchev–Trinajstić information content (AvgIpc) is 2.62. The number of ketones is 1. The van der Waals surface area contributed by atoms with Gasteiger partial charge in [0.25, 0.3) is 0 Å². The van der Waals surface area contributed by atoms with Crippen LogP contribution in [-0.2, 0) is 0 Å². The van der Waals surface area contributed by atoms with Gasteiger partial charge in [0.05, 0.1) is 33.0 Å². The molecular weight excluding hydrogens is 224 g/mol. The molecule has 1 N–H and O–H groups in total. The van der Waals surface area contributed by atoms with E-state index in [0.717, 1.165) is 0 Å². The molecule has 17 heavy (non-hydrogen) atoms. The van der Waals surface area contributed by atoms with Gasteiger partial charge < -0.3 is 19.3 Å². The number of Topliss-reactive ketones (excluding diaryl/α,β-unsaturated/α-hetero) is 1. The van der Waals surface area contributed by atoms with Crippen LogP contribution in [0.2, 0.25) is 0 Å². The summed E-state index contributed by atoms with van der Waals surface area (Å²) in [5.41, 5.74) is 0.919. The maximum atomic E-state index is 11.8. The number of aliphatic hydroxyl groups is 1. The SMILES string of the molecule is COc1cc2c(c(OC)c1OC)C(=O)CC2O. The molecule has 92 valence electrons. The van der Waals surface area contributed by atoms with Crippen LogP contribution < -0.4 is 14.2 Å². The molecule has 0 bridgehead atoms. The molecule has 0 fully saturated rings. The Morgan fingerprint density at radius 2 is 1.82 bits per heavy atom. The lowest BCUT2D eigenvalue weighted by Gasteiger charge is -2.15. The molecule has 0 spiro atoms. The largest absolute Gasteiger partial charge is 0.493 e. The van der Waals surface area contributed by atoms with Gasteiger partial charge in [0, 0.05) is 6.42 Å². The number of benzene rings is 1. The minimum Gasteiger partial charge on any atom is -0.493 e. The van der Waals surface area contributed by atoms with Crippen molar-refractivity contribution in [2.45, 2.75) is 12.5 Å². The molecular formula is C12H14O5. The number of rotatable bonds is 3. The molecule has 1 unspecified atom stereocenters. The van der Waals surface area contributed by atoms with Gasteiger partial charge in [-0.15, -0.1) is 0 Å². The summed E-state index contributed by atoms with van der Waals surface area (Å²) in [5.74, 6) is 0.988. The Morgan fingerprint density at radius 1 is 1.18 bits per heavy atom. The van der Waals surface area contributed by atoms with E-state index in [1.165, 1.54) is 21.3 Å². The van der Waals surface area contributed by atoms with Gasteiger partial charge in [-0.1, -0.05) is 0 Å². The van der Waals surface area contributed by atoms with Gasteiger partial charge in [-0.3, -0.25) is 4.79 Å². The van der Waals surface area contributed by atoms with Crippen molar-refractivity contribution in [1.82, 2.24) is 0 Å². The van der Waals surface area contributed by atoms with E-state index in [2.05, 4.69) is 0 Å². The summed E-state index contributed by atoms with van der Waals surface area (Å²) in [7, 11) is 4.42. The van der Waals surface area contributed by atoms with E-state index in [0.29, 0.717) is 28.4 Å². The van der Waals surface area contributed by atoms with Gasteiger partial charge in [-0.05, 0) is 11.6 Å². The van der Waals surface area contributed by atoms with Crippen LogP contribution in [0.4, 0.5) is 0 Å². The molecule has 0 aliphatic heterocycles. The second kappa shape index (κ2) is 4.25. The highest BCUT2D eigenvalue weighted by atomic mass is 16.5. The van der Waals surface area contributed by atoms with E-state index < -0.39 is 6.10 Å². The molecule has 1 aliphatic rings. The Labute approximate surface area is 98.9 Å². The molecule has 5 nitrogen and oxygen atoms in total. The van der Waals surface area contributed by atoms with Crippen LogP contribution in [0, 0.1) is 0 Å². The second-order valence-corrected chi connectivity index (χ2v) is 3.75. The Hall–Kier alpha value is -1.75. The number of methoxy groups -OCH3 is 3. The predicted octanol–water partition coefficient (Wildman–Crippen LogP) is 1.33. The lowest BCUT2D eigenvalue weighted by atomic mass is 10.1. The lowest BCUT2D eigenvalue weighted by molar-refractivity contribution is 0.0928. The Morgan fingerprint density at radius 3 is 2.35 bits per heavy atom. The predicted molar refractivity (Wildman–Crippen MR) is 60.0 cm³/mol. The topological polar surface area (TPSA) is 65.0 Å². The average molecular weight is 238 g/mol. The fourth-order valence-electron chi connectivity index (χ4n) is 2.11. The Balaban J connectivity index is 2.73. The van der Waals surface area contributed by atoms with Gasteiger partial charge in [0.2, 0.25) is 5.75 Å². The standard InChI is InChI=1S/C12H14O5/c1-15-9-4-6-7(13)5-8(14)10(6)12(17-3)11(9)16-2/h4,7,13H,5H2,1-3H3. The molecule has 0 amide bonds. The van der Waals surface area contributed by atoms with Crippen molar-refractivity contribution in [2.24, 2.45) is 0 Å². The van der Waals surface area contributed by atoms with E-state index >= 15 is 0 Å². The van der Waals surface area contributed by atoms with E-state index in [-0.39, 0.29) is 12.2 Å². The quantitative estimate of drug-likeness (QED) is 0.860. The molecule has 1 aliphatic carbocycles. The summed E-state index contributed by atoms with van der Waals surface area (Å²) in [6.45, 7) is 0. The van der Waals surface area contributed by atoms with Crippen molar-refractivity contribution in [3.05, 3.63) is 17.2 Å². The zero-order valence-electron chi connectivity index (χ0n) is 9.94. The summed E-state index contributed by atoms with van der Waals surface area (Å²) < 4.78 is 15.5. The van der Waals surface area contributed by atoms with Crippen molar-refractivity contribution in [1.29, 1.82) is 0 Å². The molecule has 0 aromatic heterocycles. The lowest BCUT2D eigenvalue weighted by Crippen LogP contribution is -2.02. The van der Waals surface area contributed by atoms with Crippen LogP contribution in [0.1, 0.15) is 28.4 Å². The summed E-state index contributed by atoms with van der Waals surface area (Å²) in [6, 6.07) is 1.62. The van der Waals surface area contributed by atoms with E-state index in [1.807, 2.05) is 0 Å². The van der Waals surface area contributed by atoms with Gasteiger partial charge in [-0.25, -0.2) is 0 Å². The smallest absolute Gasteiger partial charge is 0.204 e. The third kappa shape index (κ3) is 1.63. The van der Waals surface area contributed by atoms with Gasteiger partial charge >= 0.3 is 0 Å². The second-order valence-electron chi connectivity index (χ2n) is 3.75. The Kier molecular flexibility index (Phi) is 2.93. The van der Waals surface area contributed by atoms with Crippen LogP contribution in [0.15, 0.2) is 6.07 Å². The first-order valence-electron chi connectivity index (χ1n) is 5.18. The van der Waals surface area contributed by atoms with Crippen LogP contribution >= 0.6 is 0 Å². The number of carbonyl (C=O) groups excluding carboxylic acids is 1. The van der Waals surface area contributed by atoms with Crippen LogP contribution in [-0.4, -0.2) is 32.2 Å². The molecule has 1 atom stereocenters. The van der Waals surface area contributed by atoms with Crippen molar-refractivity contribution in [3.8, 4) is 17.2 Å². The summed E-state index contributed by atoms with van der Waals surface area (Å²) in [5, 5.41) is 9.78. The fraction of sp³-hybridized carbons (Fsp3) is 0.417. The van der Waals surface area contributed by atoms with Crippen molar-refractivity contribution < 1.29 is 24.1 Å². The number of ether oxygens (including phenoxy) is 3. The molecule has 5 heteroatoms. The van der Waals surface area contributed by atoms with Gasteiger partial charge in [-0.2, -0.15) is 0 Å². The summed E-state index contributed by atoms with van der Waals surface area (Å²) >= 11 is 0. The number of hydrogen-bond donors (Lipinski definition) is 1. The van der Waals surface area contributed by atoms with Gasteiger partial charge in [0.15, 0.2) is 17.3 Å². The van der Waals surface area contributed by atoms with Crippen LogP contribution in [0.25, 0.3) is 0 Å². The Bertz CT molecular complexity index is 466. The molecule has 0 saturated heterocycles. The highest BCUT2D eigenvalue weighted by Gasteiger charge is 2.34. The third-order valence-corrected chi connectivity index (χ3v) is 2.88. The normalized spacial score (nSPS) is 17.9. The minimum atomic E-state index is -0.800. The molecule has 1 aromatic rings. The van der Waals surface area contributed by atoms with Crippen LogP contribution in [0.3, 0.4) is 0 Å². The molecule has 0 saturated carbocycles. The highest BCUT2D eigenvalue weighted by Crippen LogP contribution is 2.47. The number of aliphatic hydroxyl groups excluding tert-OH is 1. The van der Waals surface area contributed by atoms with Crippen LogP contribution in [0.5, 0.6) is 17.2 Å². The van der Waals surface area contributed by atoms with E-state index in [4.69, 9.17) is 14.2 Å². The minimum absolute atomic E-state index is 0.0714. The molecule has 0 radical (unpaired) electrons. The van der Waals surface area contributed by atoms with Crippen molar-refractivity contribution in [3.63, 3.8) is 0 Å². The number of fused-ring (bicyclic) bond motifs is 1. The first-order chi connectivity index (χ1) is 8.13. The molecule has 0 heterocycles. The van der Waals surface area contributed by atoms with Crippen molar-refractivity contribution >= 4 is 5.78 Å². The summed E-state index contributed by atoms with van der Waals surface area (Å²) in [6.07, 6.45) is -0.728. The number of carbonyl (C=O) groups is 1. The first-order valence-corrected chi connectivity index (χ1v) is 5.18. The van der Waals surface area contributed by atoms with E-state index in [9.17, 15) is 9.90 Å². The third-order valence-electron chi connectivity index (χ3n) is 2.88. The zero-order valence-corrected chi connectivity index (χ0v) is 9.94. The maximum absolute atomic E-state index is 11.8. The monoisotopic (exact) mass is 238 g/mol. The summed E-state index contributed by atoms with van der Waals surface area (Å²) in [4.78, 5) is 11.8.